The molecular weight excluding hydrogens is 490 g/mol. The summed E-state index contributed by atoms with van der Waals surface area (Å²) in [5, 5.41) is 16.8. The van der Waals surface area contributed by atoms with Gasteiger partial charge in [-0.15, -0.1) is 17.5 Å². The lowest BCUT2D eigenvalue weighted by Gasteiger charge is -2.36. The van der Waals surface area contributed by atoms with Crippen LogP contribution in [0, 0.1) is 11.6 Å². The zero-order valence-electron chi connectivity index (χ0n) is 19.2. The molecule has 2 atom stereocenters. The van der Waals surface area contributed by atoms with Crippen LogP contribution in [0.1, 0.15) is 13.8 Å². The molecule has 3 aromatic rings. The summed E-state index contributed by atoms with van der Waals surface area (Å²) in [6, 6.07) is 2.00. The highest BCUT2D eigenvalue weighted by Gasteiger charge is 2.37. The number of carboxylic acids is 1. The van der Waals surface area contributed by atoms with Crippen LogP contribution >= 0.6 is 12.4 Å². The molecule has 1 aliphatic rings. The number of ether oxygens (including phenoxy) is 1. The van der Waals surface area contributed by atoms with Crippen LogP contribution < -0.4 is 25.8 Å². The molecule has 4 rings (SSSR count). The Morgan fingerprint density at radius 2 is 1.80 bits per heavy atom. The van der Waals surface area contributed by atoms with E-state index in [4.69, 9.17) is 10.5 Å². The summed E-state index contributed by atoms with van der Waals surface area (Å²) in [5.41, 5.74) is 3.79. The second-order valence-electron chi connectivity index (χ2n) is 8.33. The average Bonchev–Trinajstić information content (AvgIpc) is 3.15. The van der Waals surface area contributed by atoms with Crippen molar-refractivity contribution in [2.24, 2.45) is 12.8 Å². The van der Waals surface area contributed by atoms with E-state index in [1.165, 1.54) is 18.5 Å². The van der Waals surface area contributed by atoms with Crippen molar-refractivity contribution >= 4 is 41.2 Å². The van der Waals surface area contributed by atoms with Crippen LogP contribution in [0.4, 0.5) is 20.4 Å². The van der Waals surface area contributed by atoms with E-state index in [1.807, 2.05) is 0 Å². The molecule has 190 valence electrons. The lowest BCUT2D eigenvalue weighted by molar-refractivity contribution is -0.145. The first kappa shape index (κ1) is 26.1. The molecule has 1 saturated heterocycles. The van der Waals surface area contributed by atoms with Gasteiger partial charge < -0.3 is 25.4 Å². The number of aromatic nitrogens is 5. The van der Waals surface area contributed by atoms with Crippen LogP contribution in [0.5, 0.6) is 5.75 Å². The average molecular weight is 515 g/mol. The van der Waals surface area contributed by atoms with Crippen LogP contribution in [0.3, 0.4) is 0 Å². The Bertz CT molecular complexity index is 1280. The Balaban J connectivity index is 0.00000342. The zero-order chi connectivity index (χ0) is 24.8. The summed E-state index contributed by atoms with van der Waals surface area (Å²) >= 11 is 0. The Hall–Kier alpha value is -3.52. The number of fused-ring (bicyclic) bond motifs is 1. The summed E-state index contributed by atoms with van der Waals surface area (Å²) in [6.07, 6.45) is -1.04. The van der Waals surface area contributed by atoms with Crippen molar-refractivity contribution < 1.29 is 23.4 Å². The predicted molar refractivity (Wildman–Crippen MR) is 125 cm³/mol. The van der Waals surface area contributed by atoms with Gasteiger partial charge in [0.2, 0.25) is 5.95 Å². The van der Waals surface area contributed by atoms with Gasteiger partial charge >= 0.3 is 5.97 Å². The topological polar surface area (TPSA) is 155 Å². The maximum atomic E-state index is 14.9. The first-order chi connectivity index (χ1) is 16.0. The minimum Gasteiger partial charge on any atom is -0.488 e. The van der Waals surface area contributed by atoms with Gasteiger partial charge in [-0.3, -0.25) is 14.6 Å². The highest BCUT2D eigenvalue weighted by Crippen LogP contribution is 2.30. The number of rotatable bonds is 6. The van der Waals surface area contributed by atoms with Crippen LogP contribution in [-0.2, 0) is 11.8 Å². The van der Waals surface area contributed by atoms with E-state index in [0.717, 1.165) is 12.1 Å². The number of nitrogens with zero attached hydrogens (tertiary/aromatic N) is 6. The normalized spacial score (nSPS) is 16.5. The van der Waals surface area contributed by atoms with Gasteiger partial charge in [0.15, 0.2) is 22.8 Å². The fraction of sp³-hybridized carbons (Fsp3) is 0.450. The van der Waals surface area contributed by atoms with Crippen molar-refractivity contribution in [1.82, 2.24) is 25.0 Å². The van der Waals surface area contributed by atoms with Crippen molar-refractivity contribution in [3.8, 4) is 5.75 Å². The Kier molecular flexibility index (Phi) is 7.17. The minimum absolute atomic E-state index is 0. The van der Waals surface area contributed by atoms with Gasteiger partial charge in [-0.1, -0.05) is 5.21 Å². The van der Waals surface area contributed by atoms with Gasteiger partial charge in [0.25, 0.3) is 5.56 Å². The smallest absolute Gasteiger partial charge is 0.327 e. The summed E-state index contributed by atoms with van der Waals surface area (Å²) in [5.74, 6) is -2.84. The molecule has 0 spiro atoms. The molecule has 0 aliphatic carbocycles. The molecule has 4 N–H and O–H groups in total. The first-order valence-corrected chi connectivity index (χ1v) is 10.5. The third kappa shape index (κ3) is 4.84. The second-order valence-corrected chi connectivity index (χ2v) is 8.33. The molecule has 1 aromatic carbocycles. The molecule has 15 heteroatoms. The van der Waals surface area contributed by atoms with Crippen molar-refractivity contribution in [2.75, 3.05) is 36.0 Å². The molecule has 0 bridgehead atoms. The highest BCUT2D eigenvalue weighted by atomic mass is 35.5. The number of hydrogen-bond donors (Lipinski definition) is 3. The van der Waals surface area contributed by atoms with E-state index < -0.39 is 34.8 Å². The Morgan fingerprint density at radius 3 is 2.37 bits per heavy atom. The predicted octanol–water partition coefficient (Wildman–Crippen LogP) is 0.648. The third-order valence-electron chi connectivity index (χ3n) is 5.95. The fourth-order valence-electron chi connectivity index (χ4n) is 3.62. The Labute approximate surface area is 204 Å². The molecular formula is C20H25ClF2N8O4. The molecule has 0 saturated carbocycles. The number of H-pyrrole nitrogens is 1. The summed E-state index contributed by atoms with van der Waals surface area (Å²) in [7, 11) is 1.62. The van der Waals surface area contributed by atoms with Crippen molar-refractivity contribution in [3.63, 3.8) is 0 Å². The van der Waals surface area contributed by atoms with Crippen LogP contribution in [0.15, 0.2) is 16.9 Å². The molecule has 0 amide bonds. The molecule has 1 unspecified atom stereocenters. The second kappa shape index (κ2) is 9.62. The van der Waals surface area contributed by atoms with Gasteiger partial charge in [0, 0.05) is 45.4 Å². The van der Waals surface area contributed by atoms with Crippen molar-refractivity contribution in [3.05, 3.63) is 34.1 Å². The lowest BCUT2D eigenvalue weighted by Crippen LogP contribution is -2.55. The van der Waals surface area contributed by atoms with Gasteiger partial charge in [-0.2, -0.15) is 4.98 Å². The van der Waals surface area contributed by atoms with Gasteiger partial charge in [0.1, 0.15) is 23.1 Å². The number of piperazine rings is 1. The molecule has 3 heterocycles. The number of aliphatic carboxylic acids is 1. The zero-order valence-corrected chi connectivity index (χ0v) is 20.0. The summed E-state index contributed by atoms with van der Waals surface area (Å²) < 4.78 is 36.5. The third-order valence-corrected chi connectivity index (χ3v) is 5.95. The van der Waals surface area contributed by atoms with Crippen molar-refractivity contribution in [2.45, 2.75) is 25.5 Å². The number of aromatic amines is 1. The van der Waals surface area contributed by atoms with Crippen molar-refractivity contribution in [1.29, 1.82) is 0 Å². The van der Waals surface area contributed by atoms with E-state index in [1.54, 1.807) is 16.8 Å². The molecule has 0 radical (unpaired) electrons. The van der Waals surface area contributed by atoms with Crippen LogP contribution in [0.25, 0.3) is 11.2 Å². The molecule has 12 nitrogen and oxygen atoms in total. The number of hydrogen-bond acceptors (Lipinski definition) is 9. The van der Waals surface area contributed by atoms with E-state index >= 15 is 0 Å². The number of benzene rings is 1. The fourth-order valence-corrected chi connectivity index (χ4v) is 3.62. The first-order valence-electron chi connectivity index (χ1n) is 10.5. The Morgan fingerprint density at radius 1 is 1.23 bits per heavy atom. The molecule has 35 heavy (non-hydrogen) atoms. The SMILES string of the molecule is CC(Oc1cc(F)c(N2CCN(c3nc4c(nnn4C)c(=O)[nH]3)CC2)c(F)c1)[C@@](C)(N)C(=O)O.Cl. The maximum Gasteiger partial charge on any atom is 0.327 e. The highest BCUT2D eigenvalue weighted by molar-refractivity contribution is 5.85. The number of aryl methyl sites for hydroxylation is 1. The molecule has 1 aliphatic heterocycles. The maximum absolute atomic E-state index is 14.9. The quantitative estimate of drug-likeness (QED) is 0.426. The number of halogens is 3. The number of carbonyl (C=O) groups is 1. The molecule has 2 aromatic heterocycles. The van der Waals surface area contributed by atoms with Gasteiger partial charge in [-0.05, 0) is 13.8 Å². The van der Waals surface area contributed by atoms with E-state index in [0.29, 0.717) is 24.7 Å². The van der Waals surface area contributed by atoms with E-state index in [9.17, 15) is 23.5 Å². The lowest BCUT2D eigenvalue weighted by atomic mass is 9.97. The minimum atomic E-state index is -1.74. The number of carboxylic acid groups (broad SMARTS) is 1. The van der Waals surface area contributed by atoms with Crippen LogP contribution in [0.2, 0.25) is 0 Å². The van der Waals surface area contributed by atoms with E-state index in [-0.39, 0.29) is 42.5 Å². The van der Waals surface area contributed by atoms with Gasteiger partial charge in [-0.25, -0.2) is 13.5 Å². The largest absolute Gasteiger partial charge is 0.488 e. The summed E-state index contributed by atoms with van der Waals surface area (Å²) in [6.45, 7) is 3.88. The standard InChI is InChI=1S/C20H24F2N8O4.ClH/c1-10(20(2,23)18(32)33)34-11-8-12(21)15(13(22)9-11)29-4-6-30(7-5-29)19-24-16-14(17(31)25-19)26-27-28(16)3;/h8-10H,4-7,23H2,1-3H3,(H,32,33)(H,24,25,31);1H/t10?,20-;/m1./s1. The van der Waals surface area contributed by atoms with E-state index in [2.05, 4.69) is 20.3 Å². The number of anilines is 2. The van der Waals surface area contributed by atoms with Crippen LogP contribution in [-0.4, -0.2) is 73.9 Å². The summed E-state index contributed by atoms with van der Waals surface area (Å²) in [4.78, 5) is 33.9. The number of nitrogens with one attached hydrogen (secondary N) is 1. The van der Waals surface area contributed by atoms with Gasteiger partial charge in [0.05, 0.1) is 0 Å². The number of nitrogens with two attached hydrogens (primary N) is 1. The monoisotopic (exact) mass is 514 g/mol. The molecule has 1 fully saturated rings.